The third kappa shape index (κ3) is 2.96. The lowest BCUT2D eigenvalue weighted by Crippen LogP contribution is -2.29. The Morgan fingerprint density at radius 1 is 1.69 bits per heavy atom. The second kappa shape index (κ2) is 6.12. The summed E-state index contributed by atoms with van der Waals surface area (Å²) in [6, 6.07) is 0. The predicted molar refractivity (Wildman–Crippen MR) is 61.1 cm³/mol. The zero-order valence-electron chi connectivity index (χ0n) is 9.69. The zero-order valence-corrected chi connectivity index (χ0v) is 9.69. The molecule has 0 saturated carbocycles. The van der Waals surface area contributed by atoms with Gasteiger partial charge in [-0.05, 0) is 6.42 Å². The number of hydrogen-bond acceptors (Lipinski definition) is 4. The molecule has 1 aromatic heterocycles. The summed E-state index contributed by atoms with van der Waals surface area (Å²) in [5.41, 5.74) is 6.54. The number of nitrogen functional groups attached to an aromatic ring is 1. The third-order valence-electron chi connectivity index (χ3n) is 2.11. The summed E-state index contributed by atoms with van der Waals surface area (Å²) in [4.78, 5) is 11.8. The number of anilines is 1. The summed E-state index contributed by atoms with van der Waals surface area (Å²) in [6.45, 7) is 3.65. The van der Waals surface area contributed by atoms with Crippen molar-refractivity contribution in [1.82, 2.24) is 15.1 Å². The number of aromatic nitrogens is 2. The smallest absolute Gasteiger partial charge is 0.271 e. The van der Waals surface area contributed by atoms with Crippen molar-refractivity contribution in [1.29, 1.82) is 0 Å². The molecule has 1 amide bonds. The van der Waals surface area contributed by atoms with Crippen molar-refractivity contribution >= 4 is 11.6 Å². The highest BCUT2D eigenvalue weighted by Gasteiger charge is 2.15. The maximum absolute atomic E-state index is 11.8. The van der Waals surface area contributed by atoms with Gasteiger partial charge in [0.2, 0.25) is 0 Å². The normalized spacial score (nSPS) is 10.4. The van der Waals surface area contributed by atoms with Crippen molar-refractivity contribution in [3.8, 4) is 0 Å². The molecule has 0 spiro atoms. The summed E-state index contributed by atoms with van der Waals surface area (Å²) in [5, 5.41) is 6.78. The summed E-state index contributed by atoms with van der Waals surface area (Å²) in [7, 11) is 1.59. The fraction of sp³-hybridized carbons (Fsp3) is 0.600. The number of methoxy groups -OCH3 is 1. The number of amides is 1. The molecule has 0 saturated heterocycles. The molecule has 3 N–H and O–H groups in total. The fourth-order valence-corrected chi connectivity index (χ4v) is 1.38. The molecule has 0 aliphatic heterocycles. The lowest BCUT2D eigenvalue weighted by molar-refractivity contribution is 0.0927. The van der Waals surface area contributed by atoms with E-state index in [-0.39, 0.29) is 5.91 Å². The summed E-state index contributed by atoms with van der Waals surface area (Å²) in [6.07, 6.45) is 2.40. The highest BCUT2D eigenvalue weighted by molar-refractivity contribution is 5.97. The van der Waals surface area contributed by atoms with Gasteiger partial charge in [-0.1, -0.05) is 6.92 Å². The Bertz CT molecular complexity index is 349. The van der Waals surface area contributed by atoms with Crippen LogP contribution in [0, 0.1) is 0 Å². The topological polar surface area (TPSA) is 82.2 Å². The average Bonchev–Trinajstić information content (AvgIpc) is 2.61. The SMILES string of the molecule is CCCn1ncc(N)c1C(=O)NCCOC. The third-order valence-corrected chi connectivity index (χ3v) is 2.11. The Morgan fingerprint density at radius 3 is 3.06 bits per heavy atom. The molecule has 6 nitrogen and oxygen atoms in total. The van der Waals surface area contributed by atoms with Crippen LogP contribution in [0.4, 0.5) is 5.69 Å². The molecule has 0 atom stereocenters. The van der Waals surface area contributed by atoms with Gasteiger partial charge in [0, 0.05) is 20.2 Å². The van der Waals surface area contributed by atoms with Gasteiger partial charge in [-0.25, -0.2) is 0 Å². The van der Waals surface area contributed by atoms with Gasteiger partial charge in [0.1, 0.15) is 5.69 Å². The summed E-state index contributed by atoms with van der Waals surface area (Å²) >= 11 is 0. The fourth-order valence-electron chi connectivity index (χ4n) is 1.38. The second-order valence-corrected chi connectivity index (χ2v) is 3.42. The van der Waals surface area contributed by atoms with E-state index in [4.69, 9.17) is 10.5 Å². The van der Waals surface area contributed by atoms with E-state index in [2.05, 4.69) is 10.4 Å². The summed E-state index contributed by atoms with van der Waals surface area (Å²) < 4.78 is 6.47. The average molecular weight is 226 g/mol. The minimum absolute atomic E-state index is 0.208. The molecule has 1 aromatic rings. The van der Waals surface area contributed by atoms with E-state index in [0.717, 1.165) is 6.42 Å². The second-order valence-electron chi connectivity index (χ2n) is 3.42. The number of nitrogens with one attached hydrogen (secondary N) is 1. The van der Waals surface area contributed by atoms with Crippen LogP contribution in [0.5, 0.6) is 0 Å². The molecular weight excluding hydrogens is 208 g/mol. The van der Waals surface area contributed by atoms with E-state index >= 15 is 0 Å². The molecule has 0 bridgehead atoms. The first-order valence-electron chi connectivity index (χ1n) is 5.29. The van der Waals surface area contributed by atoms with Crippen molar-refractivity contribution in [3.05, 3.63) is 11.9 Å². The van der Waals surface area contributed by atoms with Crippen molar-refractivity contribution in [3.63, 3.8) is 0 Å². The van der Waals surface area contributed by atoms with Crippen molar-refractivity contribution < 1.29 is 9.53 Å². The Kier molecular flexibility index (Phi) is 4.78. The van der Waals surface area contributed by atoms with Gasteiger partial charge in [0.15, 0.2) is 0 Å². The molecule has 0 aliphatic rings. The van der Waals surface area contributed by atoms with E-state index < -0.39 is 0 Å². The molecule has 6 heteroatoms. The van der Waals surface area contributed by atoms with Crippen LogP contribution in [0.3, 0.4) is 0 Å². The Labute approximate surface area is 94.8 Å². The van der Waals surface area contributed by atoms with Crippen LogP contribution < -0.4 is 11.1 Å². The van der Waals surface area contributed by atoms with Crippen LogP contribution in [-0.2, 0) is 11.3 Å². The molecule has 0 radical (unpaired) electrons. The molecule has 1 rings (SSSR count). The maximum Gasteiger partial charge on any atom is 0.271 e. The monoisotopic (exact) mass is 226 g/mol. The van der Waals surface area contributed by atoms with E-state index in [1.54, 1.807) is 11.8 Å². The highest BCUT2D eigenvalue weighted by Crippen LogP contribution is 2.10. The number of ether oxygens (including phenoxy) is 1. The number of rotatable bonds is 6. The number of carbonyl (C=O) groups excluding carboxylic acids is 1. The first kappa shape index (κ1) is 12.5. The van der Waals surface area contributed by atoms with Gasteiger partial charge < -0.3 is 15.8 Å². The van der Waals surface area contributed by atoms with Crippen LogP contribution in [0.25, 0.3) is 0 Å². The lowest BCUT2D eigenvalue weighted by atomic mass is 10.3. The molecule has 16 heavy (non-hydrogen) atoms. The van der Waals surface area contributed by atoms with Crippen LogP contribution in [-0.4, -0.2) is 35.9 Å². The molecule has 0 aliphatic carbocycles. The number of nitrogens with zero attached hydrogens (tertiary/aromatic N) is 2. The predicted octanol–water partition coefficient (Wildman–Crippen LogP) is 0.251. The number of aryl methyl sites for hydroxylation is 1. The van der Waals surface area contributed by atoms with Crippen molar-refractivity contribution in [2.45, 2.75) is 19.9 Å². The van der Waals surface area contributed by atoms with Gasteiger partial charge in [-0.3, -0.25) is 9.48 Å². The van der Waals surface area contributed by atoms with Gasteiger partial charge in [0.25, 0.3) is 5.91 Å². The Balaban J connectivity index is 2.69. The quantitative estimate of drug-likeness (QED) is 0.681. The van der Waals surface area contributed by atoms with E-state index in [0.29, 0.717) is 31.1 Å². The number of nitrogens with two attached hydrogens (primary N) is 1. The Hall–Kier alpha value is -1.56. The van der Waals surface area contributed by atoms with E-state index in [1.165, 1.54) is 6.20 Å². The minimum Gasteiger partial charge on any atom is -0.396 e. The first-order chi connectivity index (χ1) is 7.70. The maximum atomic E-state index is 11.8. The van der Waals surface area contributed by atoms with Crippen molar-refractivity contribution in [2.75, 3.05) is 26.0 Å². The Morgan fingerprint density at radius 2 is 2.44 bits per heavy atom. The number of hydrogen-bond donors (Lipinski definition) is 2. The minimum atomic E-state index is -0.208. The van der Waals surface area contributed by atoms with Crippen molar-refractivity contribution in [2.24, 2.45) is 0 Å². The van der Waals surface area contributed by atoms with Crippen LogP contribution in [0.2, 0.25) is 0 Å². The molecule has 0 fully saturated rings. The summed E-state index contributed by atoms with van der Waals surface area (Å²) in [5.74, 6) is -0.208. The van der Waals surface area contributed by atoms with Gasteiger partial charge in [-0.15, -0.1) is 0 Å². The molecular formula is C10H18N4O2. The van der Waals surface area contributed by atoms with E-state index in [1.807, 2.05) is 6.92 Å². The van der Waals surface area contributed by atoms with Crippen LogP contribution in [0.1, 0.15) is 23.8 Å². The molecule has 0 aromatic carbocycles. The largest absolute Gasteiger partial charge is 0.396 e. The molecule has 1 heterocycles. The zero-order chi connectivity index (χ0) is 12.0. The standard InChI is InChI=1S/C10H18N4O2/c1-3-5-14-9(8(11)7-13-14)10(15)12-4-6-16-2/h7H,3-6,11H2,1-2H3,(H,12,15). The van der Waals surface area contributed by atoms with Crippen LogP contribution >= 0.6 is 0 Å². The molecule has 0 unspecified atom stereocenters. The van der Waals surface area contributed by atoms with Crippen LogP contribution in [0.15, 0.2) is 6.20 Å². The lowest BCUT2D eigenvalue weighted by Gasteiger charge is -2.07. The van der Waals surface area contributed by atoms with Gasteiger partial charge in [0.05, 0.1) is 18.5 Å². The molecule has 90 valence electrons. The first-order valence-corrected chi connectivity index (χ1v) is 5.29. The highest BCUT2D eigenvalue weighted by atomic mass is 16.5. The number of carbonyl (C=O) groups is 1. The van der Waals surface area contributed by atoms with E-state index in [9.17, 15) is 4.79 Å². The van der Waals surface area contributed by atoms with Gasteiger partial charge >= 0.3 is 0 Å². The van der Waals surface area contributed by atoms with Gasteiger partial charge in [-0.2, -0.15) is 5.10 Å².